The second-order valence-electron chi connectivity index (χ2n) is 4.59. The van der Waals surface area contributed by atoms with E-state index in [1.165, 1.54) is 7.11 Å². The van der Waals surface area contributed by atoms with Gasteiger partial charge >= 0.3 is 6.09 Å². The molecule has 0 saturated carbocycles. The Hall–Kier alpha value is -1.30. The van der Waals surface area contributed by atoms with Gasteiger partial charge in [0, 0.05) is 13.1 Å². The molecule has 16 heavy (non-hydrogen) atoms. The molecule has 1 atom stereocenters. The van der Waals surface area contributed by atoms with Gasteiger partial charge in [-0.05, 0) is 20.3 Å². The van der Waals surface area contributed by atoms with Crippen molar-refractivity contribution in [1.82, 2.24) is 10.2 Å². The Morgan fingerprint density at radius 3 is 2.62 bits per heavy atom. The molecular formula is C10H19N3O3. The van der Waals surface area contributed by atoms with Crippen molar-refractivity contribution in [1.29, 1.82) is 0 Å². The number of hydrogen-bond acceptors (Lipinski definition) is 4. The normalized spacial score (nSPS) is 20.8. The predicted molar refractivity (Wildman–Crippen MR) is 58.8 cm³/mol. The van der Waals surface area contributed by atoms with Crippen molar-refractivity contribution < 1.29 is 14.3 Å². The number of nitrogens with two attached hydrogens (primary N) is 1. The third-order valence-electron chi connectivity index (χ3n) is 2.53. The maximum atomic E-state index is 11.8. The molecule has 3 N–H and O–H groups in total. The minimum absolute atomic E-state index is 0.0428. The van der Waals surface area contributed by atoms with E-state index in [1.807, 2.05) is 0 Å². The highest BCUT2D eigenvalue weighted by Crippen LogP contribution is 2.13. The Morgan fingerprint density at radius 2 is 2.12 bits per heavy atom. The van der Waals surface area contributed by atoms with E-state index in [9.17, 15) is 9.59 Å². The lowest BCUT2D eigenvalue weighted by Crippen LogP contribution is -2.51. The highest BCUT2D eigenvalue weighted by molar-refractivity contribution is 5.85. The second-order valence-corrected chi connectivity index (χ2v) is 4.59. The van der Waals surface area contributed by atoms with Crippen molar-refractivity contribution in [3.05, 3.63) is 0 Å². The lowest BCUT2D eigenvalue weighted by molar-refractivity contribution is -0.134. The van der Waals surface area contributed by atoms with Gasteiger partial charge in [0.05, 0.1) is 18.7 Å². The minimum atomic E-state index is -0.861. The van der Waals surface area contributed by atoms with Crippen LogP contribution in [0.2, 0.25) is 0 Å². The SMILES string of the molecule is COC(=O)NC1CCN(C(=O)C(C)(C)N)C1. The first-order chi connectivity index (χ1) is 7.34. The molecule has 1 aliphatic rings. The first kappa shape index (κ1) is 12.8. The van der Waals surface area contributed by atoms with E-state index in [2.05, 4.69) is 10.1 Å². The molecule has 1 saturated heterocycles. The monoisotopic (exact) mass is 229 g/mol. The summed E-state index contributed by atoms with van der Waals surface area (Å²) in [7, 11) is 1.32. The van der Waals surface area contributed by atoms with E-state index in [0.29, 0.717) is 13.1 Å². The number of carbonyl (C=O) groups excluding carboxylic acids is 2. The fraction of sp³-hybridized carbons (Fsp3) is 0.800. The molecule has 1 rings (SSSR count). The van der Waals surface area contributed by atoms with Gasteiger partial charge in [0.25, 0.3) is 0 Å². The van der Waals surface area contributed by atoms with Gasteiger partial charge < -0.3 is 20.7 Å². The molecule has 0 aromatic rings. The molecule has 0 spiro atoms. The molecule has 1 heterocycles. The summed E-state index contributed by atoms with van der Waals surface area (Å²) in [6.07, 6.45) is 0.267. The summed E-state index contributed by atoms with van der Waals surface area (Å²) in [5.41, 5.74) is 4.87. The van der Waals surface area contributed by atoms with Crippen molar-refractivity contribution in [3.8, 4) is 0 Å². The van der Waals surface area contributed by atoms with Crippen LogP contribution < -0.4 is 11.1 Å². The zero-order valence-electron chi connectivity index (χ0n) is 9.95. The molecule has 0 radical (unpaired) electrons. The molecule has 0 aromatic carbocycles. The van der Waals surface area contributed by atoms with E-state index < -0.39 is 11.6 Å². The standard InChI is InChI=1S/C10H19N3O3/c1-10(2,11)8(14)13-5-4-7(6-13)12-9(15)16-3/h7H,4-6,11H2,1-3H3,(H,12,15). The quantitative estimate of drug-likeness (QED) is 0.679. The number of carbonyl (C=O) groups is 2. The topological polar surface area (TPSA) is 84.7 Å². The van der Waals surface area contributed by atoms with Crippen molar-refractivity contribution >= 4 is 12.0 Å². The maximum Gasteiger partial charge on any atom is 0.407 e. The highest BCUT2D eigenvalue weighted by Gasteiger charge is 2.33. The van der Waals surface area contributed by atoms with Crippen LogP contribution >= 0.6 is 0 Å². The van der Waals surface area contributed by atoms with Crippen LogP contribution in [0, 0.1) is 0 Å². The number of nitrogens with zero attached hydrogens (tertiary/aromatic N) is 1. The highest BCUT2D eigenvalue weighted by atomic mass is 16.5. The van der Waals surface area contributed by atoms with E-state index in [-0.39, 0.29) is 11.9 Å². The molecule has 6 heteroatoms. The van der Waals surface area contributed by atoms with Crippen LogP contribution in [0.15, 0.2) is 0 Å². The molecule has 2 amide bonds. The van der Waals surface area contributed by atoms with Crippen molar-refractivity contribution in [2.24, 2.45) is 5.73 Å². The van der Waals surface area contributed by atoms with Gasteiger partial charge in [0.1, 0.15) is 0 Å². The van der Waals surface area contributed by atoms with Crippen molar-refractivity contribution in [3.63, 3.8) is 0 Å². The van der Waals surface area contributed by atoms with Crippen LogP contribution in [0.5, 0.6) is 0 Å². The largest absolute Gasteiger partial charge is 0.453 e. The molecule has 0 bridgehead atoms. The molecule has 0 aromatic heterocycles. The number of nitrogens with one attached hydrogen (secondary N) is 1. The summed E-state index contributed by atoms with van der Waals surface area (Å²) >= 11 is 0. The summed E-state index contributed by atoms with van der Waals surface area (Å²) < 4.78 is 4.50. The van der Waals surface area contributed by atoms with E-state index in [0.717, 1.165) is 6.42 Å². The van der Waals surface area contributed by atoms with E-state index in [1.54, 1.807) is 18.7 Å². The fourth-order valence-electron chi connectivity index (χ4n) is 1.70. The number of alkyl carbamates (subject to hydrolysis) is 1. The fourth-order valence-corrected chi connectivity index (χ4v) is 1.70. The van der Waals surface area contributed by atoms with Crippen LogP contribution in [0.25, 0.3) is 0 Å². The number of rotatable bonds is 2. The van der Waals surface area contributed by atoms with Gasteiger partial charge in [0.15, 0.2) is 0 Å². The number of amides is 2. The van der Waals surface area contributed by atoms with Crippen molar-refractivity contribution in [2.75, 3.05) is 20.2 Å². The van der Waals surface area contributed by atoms with E-state index in [4.69, 9.17) is 5.73 Å². The van der Waals surface area contributed by atoms with Gasteiger partial charge in [-0.2, -0.15) is 0 Å². The second kappa shape index (κ2) is 4.69. The Labute approximate surface area is 95.1 Å². The lowest BCUT2D eigenvalue weighted by atomic mass is 10.1. The van der Waals surface area contributed by atoms with Crippen LogP contribution in [0.1, 0.15) is 20.3 Å². The Balaban J connectivity index is 2.47. The van der Waals surface area contributed by atoms with Crippen LogP contribution in [0.3, 0.4) is 0 Å². The van der Waals surface area contributed by atoms with Crippen LogP contribution in [-0.4, -0.2) is 48.7 Å². The van der Waals surface area contributed by atoms with Crippen LogP contribution in [0.4, 0.5) is 4.79 Å². The summed E-state index contributed by atoms with van der Waals surface area (Å²) in [4.78, 5) is 24.5. The van der Waals surface area contributed by atoms with Gasteiger partial charge in [-0.15, -0.1) is 0 Å². The van der Waals surface area contributed by atoms with E-state index >= 15 is 0 Å². The number of likely N-dealkylation sites (tertiary alicyclic amines) is 1. The third-order valence-corrected chi connectivity index (χ3v) is 2.53. The van der Waals surface area contributed by atoms with Gasteiger partial charge in [-0.1, -0.05) is 0 Å². The summed E-state index contributed by atoms with van der Waals surface area (Å²) in [6, 6.07) is -0.0428. The first-order valence-electron chi connectivity index (χ1n) is 5.27. The molecule has 1 aliphatic heterocycles. The minimum Gasteiger partial charge on any atom is -0.453 e. The Bertz CT molecular complexity index is 286. The van der Waals surface area contributed by atoms with Gasteiger partial charge in [-0.3, -0.25) is 4.79 Å². The Morgan fingerprint density at radius 1 is 1.50 bits per heavy atom. The molecular weight excluding hydrogens is 210 g/mol. The molecule has 1 fully saturated rings. The lowest BCUT2D eigenvalue weighted by Gasteiger charge is -2.25. The molecule has 92 valence electrons. The average Bonchev–Trinajstić information content (AvgIpc) is 2.63. The number of ether oxygens (including phenoxy) is 1. The average molecular weight is 229 g/mol. The Kier molecular flexibility index (Phi) is 3.74. The van der Waals surface area contributed by atoms with Crippen LogP contribution in [-0.2, 0) is 9.53 Å². The molecule has 1 unspecified atom stereocenters. The summed E-state index contributed by atoms with van der Waals surface area (Å²) in [5, 5.41) is 2.67. The number of methoxy groups -OCH3 is 1. The smallest absolute Gasteiger partial charge is 0.407 e. The molecule has 6 nitrogen and oxygen atoms in total. The van der Waals surface area contributed by atoms with Crippen molar-refractivity contribution in [2.45, 2.75) is 31.8 Å². The maximum absolute atomic E-state index is 11.8. The van der Waals surface area contributed by atoms with Gasteiger partial charge in [0.2, 0.25) is 5.91 Å². The predicted octanol–water partition coefficient (Wildman–Crippen LogP) is -0.319. The summed E-state index contributed by atoms with van der Waals surface area (Å²) in [6.45, 7) is 4.47. The van der Waals surface area contributed by atoms with Gasteiger partial charge in [-0.25, -0.2) is 4.79 Å². The zero-order valence-corrected chi connectivity index (χ0v) is 9.95. The number of hydrogen-bond donors (Lipinski definition) is 2. The first-order valence-corrected chi connectivity index (χ1v) is 5.27. The summed E-state index contributed by atoms with van der Waals surface area (Å²) in [5.74, 6) is -0.0957. The zero-order chi connectivity index (χ0) is 12.3. The third kappa shape index (κ3) is 3.10. The molecule has 0 aliphatic carbocycles.